The molecule has 1 saturated heterocycles. The van der Waals surface area contributed by atoms with E-state index in [9.17, 15) is 14.7 Å². The molecule has 1 heterocycles. The van der Waals surface area contributed by atoms with Crippen LogP contribution in [0.15, 0.2) is 24.3 Å². The molecule has 90 valence electrons. The van der Waals surface area contributed by atoms with Gasteiger partial charge in [-0.15, -0.1) is 0 Å². The van der Waals surface area contributed by atoms with Crippen LogP contribution < -0.4 is 4.90 Å². The van der Waals surface area contributed by atoms with Gasteiger partial charge in [-0.25, -0.2) is 9.59 Å². The van der Waals surface area contributed by atoms with Crippen molar-refractivity contribution in [1.29, 1.82) is 0 Å². The molecular weight excluding hydrogens is 222 g/mol. The molecule has 1 N–H and O–H groups in total. The highest BCUT2D eigenvalue weighted by Crippen LogP contribution is 2.31. The molecular formula is C12H13NO4. The summed E-state index contributed by atoms with van der Waals surface area (Å²) in [6, 6.07) is 7.07. The van der Waals surface area contributed by atoms with E-state index >= 15 is 0 Å². The number of ether oxygens (including phenoxy) is 1. The summed E-state index contributed by atoms with van der Waals surface area (Å²) in [5, 5.41) is 9.20. The van der Waals surface area contributed by atoms with Crippen LogP contribution >= 0.6 is 0 Å². The van der Waals surface area contributed by atoms with Gasteiger partial charge in [-0.1, -0.05) is 17.7 Å². The van der Waals surface area contributed by atoms with E-state index in [-0.39, 0.29) is 6.61 Å². The van der Waals surface area contributed by atoms with Gasteiger partial charge in [0.2, 0.25) is 0 Å². The van der Waals surface area contributed by atoms with Gasteiger partial charge >= 0.3 is 12.1 Å². The number of carboxylic acids is 1. The number of aryl methyl sites for hydroxylation is 1. The Bertz CT molecular complexity index is 468. The van der Waals surface area contributed by atoms with Gasteiger partial charge in [0.05, 0.1) is 0 Å². The zero-order valence-electron chi connectivity index (χ0n) is 9.64. The number of carbonyl (C=O) groups is 2. The summed E-state index contributed by atoms with van der Waals surface area (Å²) in [7, 11) is 0. The average molecular weight is 235 g/mol. The molecule has 1 unspecified atom stereocenters. The molecule has 1 aromatic rings. The van der Waals surface area contributed by atoms with Crippen LogP contribution in [0, 0.1) is 6.92 Å². The predicted octanol–water partition coefficient (Wildman–Crippen LogP) is 1.79. The summed E-state index contributed by atoms with van der Waals surface area (Å²) >= 11 is 0. The smallest absolute Gasteiger partial charge is 0.415 e. The first-order valence-electron chi connectivity index (χ1n) is 5.22. The van der Waals surface area contributed by atoms with Gasteiger partial charge in [0.25, 0.3) is 0 Å². The third-order valence-corrected chi connectivity index (χ3v) is 2.91. The SMILES string of the molecule is Cc1ccc(N2C(=O)OCC2(C)C(=O)O)cc1. The van der Waals surface area contributed by atoms with Crippen LogP contribution in [0.2, 0.25) is 0 Å². The number of benzene rings is 1. The second-order valence-electron chi connectivity index (χ2n) is 4.30. The molecule has 0 aliphatic carbocycles. The lowest BCUT2D eigenvalue weighted by Crippen LogP contribution is -2.51. The van der Waals surface area contributed by atoms with Crippen molar-refractivity contribution in [1.82, 2.24) is 0 Å². The molecule has 1 amide bonds. The number of nitrogens with zero attached hydrogens (tertiary/aromatic N) is 1. The molecule has 0 spiro atoms. The Kier molecular flexibility index (Phi) is 2.53. The summed E-state index contributed by atoms with van der Waals surface area (Å²) in [6.07, 6.45) is -0.626. The van der Waals surface area contributed by atoms with Gasteiger partial charge < -0.3 is 9.84 Å². The van der Waals surface area contributed by atoms with E-state index in [0.29, 0.717) is 5.69 Å². The molecule has 5 nitrogen and oxygen atoms in total. The highest BCUT2D eigenvalue weighted by molar-refractivity contribution is 6.00. The van der Waals surface area contributed by atoms with Gasteiger partial charge in [-0.3, -0.25) is 4.90 Å². The van der Waals surface area contributed by atoms with E-state index in [4.69, 9.17) is 4.74 Å². The zero-order chi connectivity index (χ0) is 12.6. The van der Waals surface area contributed by atoms with Crippen molar-refractivity contribution >= 4 is 17.7 Å². The van der Waals surface area contributed by atoms with Crippen molar-refractivity contribution in [2.45, 2.75) is 19.4 Å². The van der Waals surface area contributed by atoms with Crippen LogP contribution in [0.4, 0.5) is 10.5 Å². The van der Waals surface area contributed by atoms with Crippen molar-refractivity contribution < 1.29 is 19.4 Å². The molecule has 2 rings (SSSR count). The normalized spacial score (nSPS) is 23.6. The standard InChI is InChI=1S/C12H13NO4/c1-8-3-5-9(6-4-8)13-11(16)17-7-12(13,2)10(14)15/h3-6H,7H2,1-2H3,(H,14,15). The molecule has 1 fully saturated rings. The zero-order valence-corrected chi connectivity index (χ0v) is 9.64. The first kappa shape index (κ1) is 11.4. The fourth-order valence-corrected chi connectivity index (χ4v) is 1.77. The Morgan fingerprint density at radius 2 is 2.00 bits per heavy atom. The highest BCUT2D eigenvalue weighted by Gasteiger charge is 2.50. The van der Waals surface area contributed by atoms with Gasteiger partial charge in [0, 0.05) is 5.69 Å². The Hall–Kier alpha value is -2.04. The number of anilines is 1. The van der Waals surface area contributed by atoms with E-state index in [1.807, 2.05) is 19.1 Å². The quantitative estimate of drug-likeness (QED) is 0.848. The first-order valence-corrected chi connectivity index (χ1v) is 5.22. The van der Waals surface area contributed by atoms with Gasteiger partial charge in [0.15, 0.2) is 5.54 Å². The fraction of sp³-hybridized carbons (Fsp3) is 0.333. The van der Waals surface area contributed by atoms with Crippen molar-refractivity contribution in [3.63, 3.8) is 0 Å². The maximum atomic E-state index is 11.6. The van der Waals surface area contributed by atoms with Gasteiger partial charge in [-0.2, -0.15) is 0 Å². The molecule has 5 heteroatoms. The van der Waals surface area contributed by atoms with Crippen LogP contribution in [0.25, 0.3) is 0 Å². The lowest BCUT2D eigenvalue weighted by Gasteiger charge is -2.27. The second kappa shape index (κ2) is 3.76. The van der Waals surface area contributed by atoms with E-state index in [0.717, 1.165) is 5.56 Å². The number of cyclic esters (lactones) is 1. The summed E-state index contributed by atoms with van der Waals surface area (Å²) in [6.45, 7) is 3.25. The number of aliphatic carboxylic acids is 1. The highest BCUT2D eigenvalue weighted by atomic mass is 16.6. The van der Waals surface area contributed by atoms with Gasteiger partial charge in [-0.05, 0) is 26.0 Å². The maximum absolute atomic E-state index is 11.6. The first-order chi connectivity index (χ1) is 7.95. The molecule has 1 atom stereocenters. The largest absolute Gasteiger partial charge is 0.479 e. The fourth-order valence-electron chi connectivity index (χ4n) is 1.77. The van der Waals surface area contributed by atoms with Crippen LogP contribution in [-0.4, -0.2) is 29.3 Å². The third-order valence-electron chi connectivity index (χ3n) is 2.91. The summed E-state index contributed by atoms with van der Waals surface area (Å²) in [4.78, 5) is 24.0. The Morgan fingerprint density at radius 3 is 2.53 bits per heavy atom. The number of carboxylic acid groups (broad SMARTS) is 1. The van der Waals surface area contributed by atoms with Crippen LogP contribution in [-0.2, 0) is 9.53 Å². The molecule has 1 aliphatic rings. The number of carbonyl (C=O) groups excluding carboxylic acids is 1. The van der Waals surface area contributed by atoms with Crippen LogP contribution in [0.3, 0.4) is 0 Å². The molecule has 1 aromatic carbocycles. The molecule has 0 aromatic heterocycles. The maximum Gasteiger partial charge on any atom is 0.415 e. The Balaban J connectivity index is 2.44. The van der Waals surface area contributed by atoms with Crippen LogP contribution in [0.1, 0.15) is 12.5 Å². The molecule has 1 aliphatic heterocycles. The van der Waals surface area contributed by atoms with E-state index in [1.54, 1.807) is 12.1 Å². The predicted molar refractivity (Wildman–Crippen MR) is 61.0 cm³/mol. The lowest BCUT2D eigenvalue weighted by molar-refractivity contribution is -0.142. The summed E-state index contributed by atoms with van der Waals surface area (Å²) < 4.78 is 4.83. The lowest BCUT2D eigenvalue weighted by atomic mass is 10.0. The van der Waals surface area contributed by atoms with Crippen molar-refractivity contribution in [3.8, 4) is 0 Å². The molecule has 17 heavy (non-hydrogen) atoms. The van der Waals surface area contributed by atoms with Crippen molar-refractivity contribution in [3.05, 3.63) is 29.8 Å². The van der Waals surface area contributed by atoms with E-state index < -0.39 is 17.6 Å². The third kappa shape index (κ3) is 1.73. The minimum Gasteiger partial charge on any atom is -0.479 e. The number of hydrogen-bond acceptors (Lipinski definition) is 3. The second-order valence-corrected chi connectivity index (χ2v) is 4.30. The minimum absolute atomic E-state index is 0.144. The molecule has 0 saturated carbocycles. The van der Waals surface area contributed by atoms with Crippen molar-refractivity contribution in [2.75, 3.05) is 11.5 Å². The Morgan fingerprint density at radius 1 is 1.41 bits per heavy atom. The Labute approximate surface area is 98.6 Å². The monoisotopic (exact) mass is 235 g/mol. The summed E-state index contributed by atoms with van der Waals surface area (Å²) in [5.74, 6) is -1.08. The molecule has 0 radical (unpaired) electrons. The minimum atomic E-state index is -1.34. The average Bonchev–Trinajstić information content (AvgIpc) is 2.58. The topological polar surface area (TPSA) is 66.8 Å². The number of amides is 1. The molecule has 0 bridgehead atoms. The summed E-state index contributed by atoms with van der Waals surface area (Å²) in [5.41, 5.74) is 0.230. The van der Waals surface area contributed by atoms with E-state index in [1.165, 1.54) is 11.8 Å². The van der Waals surface area contributed by atoms with Crippen molar-refractivity contribution in [2.24, 2.45) is 0 Å². The van der Waals surface area contributed by atoms with E-state index in [2.05, 4.69) is 0 Å². The number of hydrogen-bond donors (Lipinski definition) is 1. The van der Waals surface area contributed by atoms with Crippen LogP contribution in [0.5, 0.6) is 0 Å². The van der Waals surface area contributed by atoms with Gasteiger partial charge in [0.1, 0.15) is 6.61 Å². The number of rotatable bonds is 2.